The number of aromatic nitrogens is 1. The minimum absolute atomic E-state index is 0.0875. The molecule has 2 aliphatic rings. The van der Waals surface area contributed by atoms with Crippen LogP contribution in [0.4, 0.5) is 11.4 Å². The van der Waals surface area contributed by atoms with Crippen LogP contribution in [0.5, 0.6) is 5.75 Å². The Morgan fingerprint density at radius 1 is 1.27 bits per heavy atom. The SMILES string of the molecule is O=C(Nc1cccnc1)C1=CN2CCOc3cccc(c32)C1. The van der Waals surface area contributed by atoms with Gasteiger partial charge >= 0.3 is 0 Å². The molecule has 1 aromatic heterocycles. The summed E-state index contributed by atoms with van der Waals surface area (Å²) < 4.78 is 5.68. The molecule has 22 heavy (non-hydrogen) atoms. The lowest BCUT2D eigenvalue weighted by Crippen LogP contribution is -2.33. The van der Waals surface area contributed by atoms with Gasteiger partial charge in [-0.15, -0.1) is 0 Å². The molecule has 1 N–H and O–H groups in total. The molecule has 5 heteroatoms. The Morgan fingerprint density at radius 2 is 2.23 bits per heavy atom. The molecule has 0 bridgehead atoms. The molecule has 0 atom stereocenters. The molecular formula is C17H15N3O2. The van der Waals surface area contributed by atoms with E-state index in [2.05, 4.69) is 15.2 Å². The van der Waals surface area contributed by atoms with Gasteiger partial charge in [-0.25, -0.2) is 0 Å². The second kappa shape index (κ2) is 5.18. The van der Waals surface area contributed by atoms with Crippen LogP contribution in [0.15, 0.2) is 54.5 Å². The van der Waals surface area contributed by atoms with Gasteiger partial charge in [0.25, 0.3) is 5.91 Å². The number of para-hydroxylation sites is 1. The molecular weight excluding hydrogens is 278 g/mol. The van der Waals surface area contributed by atoms with Crippen LogP contribution in [0.2, 0.25) is 0 Å². The molecule has 5 nitrogen and oxygen atoms in total. The number of amides is 1. The van der Waals surface area contributed by atoms with E-state index in [1.807, 2.05) is 30.5 Å². The molecule has 4 rings (SSSR count). The van der Waals surface area contributed by atoms with Crippen LogP contribution >= 0.6 is 0 Å². The van der Waals surface area contributed by atoms with Gasteiger partial charge < -0.3 is 15.0 Å². The lowest BCUT2D eigenvalue weighted by Gasteiger charge is -2.34. The number of rotatable bonds is 2. The van der Waals surface area contributed by atoms with E-state index in [1.54, 1.807) is 18.5 Å². The maximum atomic E-state index is 12.5. The Morgan fingerprint density at radius 3 is 3.09 bits per heavy atom. The van der Waals surface area contributed by atoms with Crippen molar-refractivity contribution >= 4 is 17.3 Å². The largest absolute Gasteiger partial charge is 0.490 e. The molecule has 1 aromatic carbocycles. The average Bonchev–Trinajstić information content (AvgIpc) is 2.56. The molecule has 110 valence electrons. The molecule has 2 aromatic rings. The number of carbonyl (C=O) groups excluding carboxylic acids is 1. The van der Waals surface area contributed by atoms with Crippen LogP contribution in [-0.4, -0.2) is 24.0 Å². The van der Waals surface area contributed by atoms with E-state index in [-0.39, 0.29) is 5.91 Å². The van der Waals surface area contributed by atoms with Crippen LogP contribution in [0, 0.1) is 0 Å². The summed E-state index contributed by atoms with van der Waals surface area (Å²) in [7, 11) is 0. The highest BCUT2D eigenvalue weighted by molar-refractivity contribution is 6.05. The predicted octanol–water partition coefficient (Wildman–Crippen LogP) is 2.36. The molecule has 0 unspecified atom stereocenters. The fraction of sp³-hybridized carbons (Fsp3) is 0.176. The van der Waals surface area contributed by atoms with Crippen molar-refractivity contribution in [2.45, 2.75) is 6.42 Å². The molecule has 3 heterocycles. The summed E-state index contributed by atoms with van der Waals surface area (Å²) >= 11 is 0. The van der Waals surface area contributed by atoms with Gasteiger partial charge in [0.05, 0.1) is 24.1 Å². The molecule has 0 radical (unpaired) electrons. The quantitative estimate of drug-likeness (QED) is 0.923. The Bertz CT molecular complexity index is 756. The van der Waals surface area contributed by atoms with E-state index in [0.29, 0.717) is 18.7 Å². The third-order valence-corrected chi connectivity index (χ3v) is 3.86. The Hall–Kier alpha value is -2.82. The summed E-state index contributed by atoms with van der Waals surface area (Å²) in [4.78, 5) is 18.6. The average molecular weight is 293 g/mol. The van der Waals surface area contributed by atoms with Crippen LogP contribution in [0.1, 0.15) is 5.56 Å². The van der Waals surface area contributed by atoms with E-state index in [0.717, 1.165) is 29.1 Å². The number of anilines is 2. The van der Waals surface area contributed by atoms with Gasteiger partial charge in [0.2, 0.25) is 0 Å². The Labute approximate surface area is 128 Å². The molecule has 1 amide bonds. The monoisotopic (exact) mass is 293 g/mol. The summed E-state index contributed by atoms with van der Waals surface area (Å²) in [5, 5.41) is 2.89. The summed E-state index contributed by atoms with van der Waals surface area (Å²) in [5.41, 5.74) is 3.66. The van der Waals surface area contributed by atoms with Crippen LogP contribution in [0.25, 0.3) is 0 Å². The predicted molar refractivity (Wildman–Crippen MR) is 83.9 cm³/mol. The number of nitrogens with one attached hydrogen (secondary N) is 1. The number of hydrogen-bond acceptors (Lipinski definition) is 4. The van der Waals surface area contributed by atoms with Gasteiger partial charge in [0.15, 0.2) is 0 Å². The van der Waals surface area contributed by atoms with E-state index in [1.165, 1.54) is 0 Å². The minimum atomic E-state index is -0.0875. The number of hydrogen-bond donors (Lipinski definition) is 1. The van der Waals surface area contributed by atoms with Gasteiger partial charge in [-0.05, 0) is 23.8 Å². The summed E-state index contributed by atoms with van der Waals surface area (Å²) in [6, 6.07) is 9.62. The third kappa shape index (κ3) is 2.20. The highest BCUT2D eigenvalue weighted by Crippen LogP contribution is 2.39. The summed E-state index contributed by atoms with van der Waals surface area (Å²) in [6.07, 6.45) is 5.86. The van der Waals surface area contributed by atoms with Gasteiger partial charge in [-0.1, -0.05) is 12.1 Å². The molecule has 0 fully saturated rings. The van der Waals surface area contributed by atoms with Crippen molar-refractivity contribution in [3.05, 3.63) is 60.1 Å². The van der Waals surface area contributed by atoms with Crippen LogP contribution in [0.3, 0.4) is 0 Å². The van der Waals surface area contributed by atoms with Gasteiger partial charge in [0.1, 0.15) is 12.4 Å². The number of ether oxygens (including phenoxy) is 1. The smallest absolute Gasteiger partial charge is 0.253 e. The fourth-order valence-corrected chi connectivity index (χ4v) is 2.87. The lowest BCUT2D eigenvalue weighted by molar-refractivity contribution is -0.113. The van der Waals surface area contributed by atoms with Gasteiger partial charge in [-0.3, -0.25) is 9.78 Å². The zero-order valence-corrected chi connectivity index (χ0v) is 12.0. The maximum Gasteiger partial charge on any atom is 0.253 e. The second-order valence-electron chi connectivity index (χ2n) is 5.33. The molecule has 2 aliphatic heterocycles. The summed E-state index contributed by atoms with van der Waals surface area (Å²) in [5.74, 6) is 0.808. The van der Waals surface area contributed by atoms with Crippen molar-refractivity contribution < 1.29 is 9.53 Å². The van der Waals surface area contributed by atoms with Crippen LogP contribution in [-0.2, 0) is 11.2 Å². The topological polar surface area (TPSA) is 54.5 Å². The second-order valence-corrected chi connectivity index (χ2v) is 5.33. The highest BCUT2D eigenvalue weighted by Gasteiger charge is 2.27. The molecule has 0 spiro atoms. The first kappa shape index (κ1) is 12.9. The summed E-state index contributed by atoms with van der Waals surface area (Å²) in [6.45, 7) is 1.39. The van der Waals surface area contributed by atoms with Crippen molar-refractivity contribution in [2.75, 3.05) is 23.4 Å². The first-order chi connectivity index (χ1) is 10.8. The van der Waals surface area contributed by atoms with Crippen molar-refractivity contribution in [3.63, 3.8) is 0 Å². The Kier molecular flexibility index (Phi) is 3.04. The zero-order valence-electron chi connectivity index (χ0n) is 12.0. The molecule has 0 aliphatic carbocycles. The van der Waals surface area contributed by atoms with Crippen molar-refractivity contribution in [1.82, 2.24) is 4.98 Å². The molecule has 0 saturated heterocycles. The number of benzene rings is 1. The first-order valence-electron chi connectivity index (χ1n) is 7.25. The van der Waals surface area contributed by atoms with Crippen molar-refractivity contribution in [2.24, 2.45) is 0 Å². The van der Waals surface area contributed by atoms with Crippen molar-refractivity contribution in [1.29, 1.82) is 0 Å². The number of pyridine rings is 1. The van der Waals surface area contributed by atoms with Gasteiger partial charge in [0, 0.05) is 24.4 Å². The maximum absolute atomic E-state index is 12.5. The normalized spacial score (nSPS) is 15.5. The fourth-order valence-electron chi connectivity index (χ4n) is 2.87. The number of carbonyl (C=O) groups is 1. The van der Waals surface area contributed by atoms with E-state index in [4.69, 9.17) is 4.74 Å². The van der Waals surface area contributed by atoms with Crippen LogP contribution < -0.4 is 15.0 Å². The van der Waals surface area contributed by atoms with E-state index in [9.17, 15) is 4.79 Å². The Balaban J connectivity index is 1.62. The number of nitrogens with zero attached hydrogens (tertiary/aromatic N) is 2. The van der Waals surface area contributed by atoms with Crippen molar-refractivity contribution in [3.8, 4) is 5.75 Å². The lowest BCUT2D eigenvalue weighted by atomic mass is 9.97. The highest BCUT2D eigenvalue weighted by atomic mass is 16.5. The van der Waals surface area contributed by atoms with E-state index >= 15 is 0 Å². The standard InChI is InChI=1S/C17H15N3O2/c21-17(19-14-4-2-6-18-10-14)13-9-12-3-1-5-15-16(12)20(11-13)7-8-22-15/h1-6,10-11H,7-9H2,(H,19,21). The zero-order chi connectivity index (χ0) is 14.9. The first-order valence-corrected chi connectivity index (χ1v) is 7.25. The van der Waals surface area contributed by atoms with Gasteiger partial charge in [-0.2, -0.15) is 0 Å². The third-order valence-electron chi connectivity index (χ3n) is 3.86. The van der Waals surface area contributed by atoms with E-state index < -0.39 is 0 Å². The minimum Gasteiger partial charge on any atom is -0.490 e. The molecule has 0 saturated carbocycles.